The zero-order valence-electron chi connectivity index (χ0n) is 22.4. The van der Waals surface area contributed by atoms with Crippen LogP contribution in [0.15, 0.2) is 72.8 Å². The van der Waals surface area contributed by atoms with Crippen molar-refractivity contribution in [1.82, 2.24) is 15.6 Å². The topological polar surface area (TPSA) is 182 Å². The van der Waals surface area contributed by atoms with Crippen molar-refractivity contribution < 1.29 is 28.8 Å². The van der Waals surface area contributed by atoms with Gasteiger partial charge in [0.15, 0.2) is 11.6 Å². The van der Waals surface area contributed by atoms with Gasteiger partial charge in [-0.2, -0.15) is 0 Å². The minimum absolute atomic E-state index is 0.0215. The molecule has 3 aromatic rings. The molecule has 11 nitrogen and oxygen atoms in total. The summed E-state index contributed by atoms with van der Waals surface area (Å²) < 4.78 is 0. The van der Waals surface area contributed by atoms with Gasteiger partial charge in [0.2, 0.25) is 11.8 Å². The van der Waals surface area contributed by atoms with Gasteiger partial charge in [-0.25, -0.2) is 10.9 Å². The van der Waals surface area contributed by atoms with Gasteiger partial charge >= 0.3 is 0 Å². The number of carbonyl (C=O) groups excluding carboxylic acids is 6. The van der Waals surface area contributed by atoms with Gasteiger partial charge in [0.25, 0.3) is 11.8 Å². The summed E-state index contributed by atoms with van der Waals surface area (Å²) >= 11 is 0. The summed E-state index contributed by atoms with van der Waals surface area (Å²) in [6.45, 7) is 2.88. The highest BCUT2D eigenvalue weighted by Crippen LogP contribution is 2.30. The molecule has 210 valence electrons. The number of fused-ring (bicyclic) bond motifs is 2. The van der Waals surface area contributed by atoms with E-state index in [-0.39, 0.29) is 34.2 Å². The quantitative estimate of drug-likeness (QED) is 0.140. The summed E-state index contributed by atoms with van der Waals surface area (Å²) in [5.41, 5.74) is 6.21. The van der Waals surface area contributed by atoms with E-state index in [0.29, 0.717) is 10.6 Å². The third-order valence-electron chi connectivity index (χ3n) is 6.70. The third kappa shape index (κ3) is 5.96. The number of rotatable bonds is 8. The lowest BCUT2D eigenvalue weighted by Gasteiger charge is -2.26. The highest BCUT2D eigenvalue weighted by Gasteiger charge is 2.36. The van der Waals surface area contributed by atoms with Crippen LogP contribution in [0.1, 0.15) is 61.6 Å². The summed E-state index contributed by atoms with van der Waals surface area (Å²) in [5, 5.41) is 5.32. The van der Waals surface area contributed by atoms with E-state index in [9.17, 15) is 28.8 Å². The fourth-order valence-corrected chi connectivity index (χ4v) is 4.48. The van der Waals surface area contributed by atoms with Crippen LogP contribution in [0.3, 0.4) is 0 Å². The molecule has 0 bridgehead atoms. The molecule has 0 spiro atoms. The van der Waals surface area contributed by atoms with E-state index in [0.717, 1.165) is 0 Å². The normalized spacial score (nSPS) is 14.1. The lowest BCUT2D eigenvalue weighted by molar-refractivity contribution is -0.135. The molecule has 3 aromatic carbocycles. The van der Waals surface area contributed by atoms with E-state index < -0.39 is 53.3 Å². The van der Waals surface area contributed by atoms with E-state index in [1.807, 2.05) is 0 Å². The van der Waals surface area contributed by atoms with Crippen molar-refractivity contribution in [3.8, 4) is 0 Å². The molecule has 0 aliphatic heterocycles. The Labute approximate surface area is 235 Å². The molecule has 0 aromatic heterocycles. The standard InChI is InChI=1S/C30H29N5O6/c1-16(31)27(38)33-17(2)28(39)34-23(15-18-9-4-3-5-10-18)30(41)35(32)29(40)22-14-8-13-21-24(22)26(37)20-12-7-6-11-19(20)25(21)36/h3-14,16-17,23H,15,31-32H2,1-2H3,(H,33,38)(H,34,39)/t16-,17-,23-/m0/s1. The van der Waals surface area contributed by atoms with Crippen molar-refractivity contribution in [1.29, 1.82) is 0 Å². The highest BCUT2D eigenvalue weighted by atomic mass is 16.2. The molecule has 11 heteroatoms. The average molecular weight is 556 g/mol. The van der Waals surface area contributed by atoms with Crippen LogP contribution in [-0.2, 0) is 20.8 Å². The Morgan fingerprint density at radius 1 is 0.756 bits per heavy atom. The first-order valence-corrected chi connectivity index (χ1v) is 12.9. The van der Waals surface area contributed by atoms with Crippen LogP contribution in [0, 0.1) is 0 Å². The maximum absolute atomic E-state index is 13.6. The molecule has 0 saturated carbocycles. The predicted octanol–water partition coefficient (Wildman–Crippen LogP) is 0.884. The maximum Gasteiger partial charge on any atom is 0.275 e. The largest absolute Gasteiger partial charge is 0.343 e. The number of hydrogen-bond acceptors (Lipinski definition) is 8. The second-order valence-electron chi connectivity index (χ2n) is 9.72. The average Bonchev–Trinajstić information content (AvgIpc) is 2.98. The van der Waals surface area contributed by atoms with Crippen LogP contribution in [0.4, 0.5) is 0 Å². The first kappa shape index (κ1) is 29.0. The Hall–Kier alpha value is -5.00. The fourth-order valence-electron chi connectivity index (χ4n) is 4.48. The van der Waals surface area contributed by atoms with Gasteiger partial charge in [-0.1, -0.05) is 66.7 Å². The zero-order chi connectivity index (χ0) is 29.8. The van der Waals surface area contributed by atoms with Gasteiger partial charge in [-0.3, -0.25) is 28.8 Å². The Bertz CT molecular complexity index is 1550. The van der Waals surface area contributed by atoms with E-state index in [1.165, 1.54) is 44.2 Å². The molecule has 6 N–H and O–H groups in total. The Morgan fingerprint density at radius 3 is 1.98 bits per heavy atom. The summed E-state index contributed by atoms with van der Waals surface area (Å²) in [5.74, 6) is 1.78. The number of hydrazine groups is 1. The molecule has 0 heterocycles. The number of nitrogens with one attached hydrogen (secondary N) is 2. The zero-order valence-corrected chi connectivity index (χ0v) is 22.4. The van der Waals surface area contributed by atoms with Crippen molar-refractivity contribution in [3.05, 3.63) is 106 Å². The molecule has 4 rings (SSSR count). The number of imide groups is 1. The number of nitrogens with zero attached hydrogens (tertiary/aromatic N) is 1. The molecule has 1 aliphatic rings. The lowest BCUT2D eigenvalue weighted by atomic mass is 9.81. The third-order valence-corrected chi connectivity index (χ3v) is 6.70. The SMILES string of the molecule is C[C@H](N)C(=O)N[C@@H](C)C(=O)N[C@@H](Cc1ccccc1)C(=O)N(N)C(=O)c1cccc2c1C(=O)c1ccccc1C2=O. The van der Waals surface area contributed by atoms with E-state index in [2.05, 4.69) is 10.6 Å². The van der Waals surface area contributed by atoms with Gasteiger partial charge < -0.3 is 16.4 Å². The molecule has 41 heavy (non-hydrogen) atoms. The molecule has 0 radical (unpaired) electrons. The first-order chi connectivity index (χ1) is 19.5. The summed E-state index contributed by atoms with van der Waals surface area (Å²) in [6, 6.07) is 15.9. The number of hydrogen-bond donors (Lipinski definition) is 4. The molecule has 3 atom stereocenters. The molecule has 0 fully saturated rings. The number of amides is 4. The van der Waals surface area contributed by atoms with Crippen molar-refractivity contribution >= 4 is 35.2 Å². The van der Waals surface area contributed by atoms with Crippen molar-refractivity contribution in [2.45, 2.75) is 38.4 Å². The number of ketones is 2. The van der Waals surface area contributed by atoms with Gasteiger partial charge in [-0.05, 0) is 25.5 Å². The van der Waals surface area contributed by atoms with E-state index >= 15 is 0 Å². The second-order valence-corrected chi connectivity index (χ2v) is 9.72. The van der Waals surface area contributed by atoms with Crippen LogP contribution < -0.4 is 22.2 Å². The van der Waals surface area contributed by atoms with Crippen LogP contribution in [-0.4, -0.2) is 58.3 Å². The van der Waals surface area contributed by atoms with E-state index in [1.54, 1.807) is 42.5 Å². The summed E-state index contributed by atoms with van der Waals surface area (Å²) in [4.78, 5) is 78.4. The van der Waals surface area contributed by atoms with Gasteiger partial charge in [-0.15, -0.1) is 0 Å². The molecule has 0 unspecified atom stereocenters. The highest BCUT2D eigenvalue weighted by molar-refractivity contribution is 6.31. The Balaban J connectivity index is 1.63. The van der Waals surface area contributed by atoms with Gasteiger partial charge in [0, 0.05) is 28.7 Å². The number of benzene rings is 3. The summed E-state index contributed by atoms with van der Waals surface area (Å²) in [7, 11) is 0. The molecule has 0 saturated heterocycles. The van der Waals surface area contributed by atoms with E-state index in [4.69, 9.17) is 11.6 Å². The maximum atomic E-state index is 13.6. The molecular formula is C30H29N5O6. The summed E-state index contributed by atoms with van der Waals surface area (Å²) in [6.07, 6.45) is -0.0297. The predicted molar refractivity (Wildman–Crippen MR) is 148 cm³/mol. The Morgan fingerprint density at radius 2 is 1.34 bits per heavy atom. The molecular weight excluding hydrogens is 526 g/mol. The minimum atomic E-state index is -1.31. The van der Waals surface area contributed by atoms with Crippen LogP contribution in [0.5, 0.6) is 0 Å². The monoisotopic (exact) mass is 555 g/mol. The molecule has 4 amide bonds. The lowest BCUT2D eigenvalue weighted by Crippen LogP contribution is -2.58. The molecule has 1 aliphatic carbocycles. The minimum Gasteiger partial charge on any atom is -0.343 e. The Kier molecular flexibility index (Phi) is 8.51. The second kappa shape index (κ2) is 12.0. The van der Waals surface area contributed by atoms with Crippen molar-refractivity contribution in [3.63, 3.8) is 0 Å². The number of carbonyl (C=O) groups is 6. The smallest absolute Gasteiger partial charge is 0.275 e. The van der Waals surface area contributed by atoms with Gasteiger partial charge in [0.05, 0.1) is 11.6 Å². The number of nitrogens with two attached hydrogens (primary N) is 2. The van der Waals surface area contributed by atoms with Crippen molar-refractivity contribution in [2.24, 2.45) is 11.6 Å². The van der Waals surface area contributed by atoms with Gasteiger partial charge in [0.1, 0.15) is 12.1 Å². The van der Waals surface area contributed by atoms with Crippen LogP contribution >= 0.6 is 0 Å². The van der Waals surface area contributed by atoms with Crippen LogP contribution in [0.25, 0.3) is 0 Å². The van der Waals surface area contributed by atoms with Crippen molar-refractivity contribution in [2.75, 3.05) is 0 Å². The fraction of sp³-hybridized carbons (Fsp3) is 0.200. The van der Waals surface area contributed by atoms with Crippen LogP contribution in [0.2, 0.25) is 0 Å². The first-order valence-electron chi connectivity index (χ1n) is 12.9.